The van der Waals surface area contributed by atoms with Gasteiger partial charge in [-0.15, -0.1) is 0 Å². The maximum Gasteiger partial charge on any atom is 0.276 e. The van der Waals surface area contributed by atoms with E-state index in [-0.39, 0.29) is 16.5 Å². The number of nitro groups is 1. The fourth-order valence-corrected chi connectivity index (χ4v) is 2.53. The Morgan fingerprint density at radius 2 is 2.00 bits per heavy atom. The number of benzene rings is 1. The molecule has 0 heterocycles. The number of hydrogen-bond donors (Lipinski definition) is 1. The van der Waals surface area contributed by atoms with Crippen molar-refractivity contribution in [3.63, 3.8) is 0 Å². The van der Waals surface area contributed by atoms with Crippen LogP contribution in [-0.2, 0) is 10.0 Å². The van der Waals surface area contributed by atoms with E-state index in [0.29, 0.717) is 5.56 Å². The first-order valence-corrected chi connectivity index (χ1v) is 8.10. The van der Waals surface area contributed by atoms with E-state index in [1.165, 1.54) is 12.1 Å². The first-order chi connectivity index (χ1) is 9.81. The van der Waals surface area contributed by atoms with Gasteiger partial charge in [0.2, 0.25) is 0 Å². The predicted octanol–water partition coefficient (Wildman–Crippen LogP) is 2.60. The number of nitrogens with zero attached hydrogens (tertiary/aromatic N) is 2. The summed E-state index contributed by atoms with van der Waals surface area (Å²) in [5.74, 6) is 0.194. The van der Waals surface area contributed by atoms with Gasteiger partial charge in [-0.25, -0.2) is 4.83 Å². The van der Waals surface area contributed by atoms with Crippen molar-refractivity contribution < 1.29 is 13.3 Å². The predicted molar refractivity (Wildman–Crippen MR) is 80.7 cm³/mol. The van der Waals surface area contributed by atoms with Crippen LogP contribution in [0.4, 0.5) is 5.69 Å². The quantitative estimate of drug-likeness (QED) is 0.475. The van der Waals surface area contributed by atoms with E-state index in [9.17, 15) is 18.5 Å². The highest BCUT2D eigenvalue weighted by Gasteiger charge is 2.19. The van der Waals surface area contributed by atoms with E-state index in [2.05, 4.69) is 9.93 Å². The second-order valence-electron chi connectivity index (χ2n) is 4.65. The molecular formula is C13H19N3O4S. The molecule has 0 amide bonds. The number of hydrogen-bond acceptors (Lipinski definition) is 5. The third-order valence-electron chi connectivity index (χ3n) is 3.19. The maximum atomic E-state index is 12.0. The van der Waals surface area contributed by atoms with E-state index >= 15 is 0 Å². The molecule has 116 valence electrons. The van der Waals surface area contributed by atoms with Gasteiger partial charge >= 0.3 is 0 Å². The smallest absolute Gasteiger partial charge is 0.258 e. The fourth-order valence-electron chi connectivity index (χ4n) is 1.71. The largest absolute Gasteiger partial charge is 0.276 e. The number of sulfonamides is 1. The molecule has 0 unspecified atom stereocenters. The Morgan fingerprint density at radius 3 is 2.52 bits per heavy atom. The topological polar surface area (TPSA) is 102 Å². The lowest BCUT2D eigenvalue weighted by Crippen LogP contribution is -2.19. The van der Waals surface area contributed by atoms with Crippen LogP contribution in [0, 0.1) is 23.0 Å². The fraction of sp³-hybridized carbons (Fsp3) is 0.462. The highest BCUT2D eigenvalue weighted by molar-refractivity contribution is 7.89. The van der Waals surface area contributed by atoms with Gasteiger partial charge in [-0.1, -0.05) is 19.9 Å². The molecular weight excluding hydrogens is 294 g/mol. The van der Waals surface area contributed by atoms with Crippen molar-refractivity contribution in [1.29, 1.82) is 0 Å². The van der Waals surface area contributed by atoms with Gasteiger partial charge in [-0.3, -0.25) is 10.1 Å². The van der Waals surface area contributed by atoms with Gasteiger partial charge in [-0.2, -0.15) is 13.5 Å². The normalized spacial score (nSPS) is 12.0. The molecule has 8 heteroatoms. The van der Waals surface area contributed by atoms with Gasteiger partial charge in [0.05, 0.1) is 9.82 Å². The van der Waals surface area contributed by atoms with Crippen molar-refractivity contribution in [2.45, 2.75) is 38.5 Å². The van der Waals surface area contributed by atoms with E-state index in [4.69, 9.17) is 0 Å². The molecule has 0 aliphatic heterocycles. The van der Waals surface area contributed by atoms with Gasteiger partial charge in [0.1, 0.15) is 0 Å². The van der Waals surface area contributed by atoms with E-state index in [1.54, 1.807) is 13.1 Å². The summed E-state index contributed by atoms with van der Waals surface area (Å²) in [6.45, 7) is 5.52. The summed E-state index contributed by atoms with van der Waals surface area (Å²) in [6.07, 6.45) is 3.26. The minimum atomic E-state index is -3.90. The first kappa shape index (κ1) is 17.1. The summed E-state index contributed by atoms with van der Waals surface area (Å²) < 4.78 is 24.1. The third-order valence-corrected chi connectivity index (χ3v) is 4.41. The molecule has 0 saturated heterocycles. The van der Waals surface area contributed by atoms with Gasteiger partial charge in [0.15, 0.2) is 0 Å². The lowest BCUT2D eigenvalue weighted by molar-refractivity contribution is -0.385. The molecule has 7 nitrogen and oxygen atoms in total. The molecule has 1 N–H and O–H groups in total. The molecule has 0 bridgehead atoms. The van der Waals surface area contributed by atoms with Crippen LogP contribution in [0.5, 0.6) is 0 Å². The van der Waals surface area contributed by atoms with Crippen molar-refractivity contribution in [1.82, 2.24) is 4.83 Å². The monoisotopic (exact) mass is 313 g/mol. The van der Waals surface area contributed by atoms with E-state index in [0.717, 1.165) is 18.9 Å². The van der Waals surface area contributed by atoms with E-state index < -0.39 is 14.9 Å². The number of hydrazone groups is 1. The number of aryl methyl sites for hydroxylation is 1. The van der Waals surface area contributed by atoms with Gasteiger partial charge in [-0.05, 0) is 31.7 Å². The van der Waals surface area contributed by atoms with Crippen molar-refractivity contribution in [2.75, 3.05) is 0 Å². The Kier molecular flexibility index (Phi) is 5.83. The van der Waals surface area contributed by atoms with Crippen LogP contribution >= 0.6 is 0 Å². The average Bonchev–Trinajstić information content (AvgIpc) is 2.43. The number of rotatable bonds is 7. The average molecular weight is 313 g/mol. The first-order valence-electron chi connectivity index (χ1n) is 6.61. The molecule has 0 atom stereocenters. The minimum Gasteiger partial charge on any atom is -0.258 e. The second kappa shape index (κ2) is 7.16. The summed E-state index contributed by atoms with van der Waals surface area (Å²) in [5.41, 5.74) is 0.168. The van der Waals surface area contributed by atoms with Crippen LogP contribution in [0.15, 0.2) is 28.2 Å². The van der Waals surface area contributed by atoms with Crippen molar-refractivity contribution in [3.8, 4) is 0 Å². The van der Waals surface area contributed by atoms with Crippen LogP contribution in [-0.4, -0.2) is 19.6 Å². The highest BCUT2D eigenvalue weighted by Crippen LogP contribution is 2.22. The van der Waals surface area contributed by atoms with Crippen molar-refractivity contribution in [3.05, 3.63) is 33.9 Å². The van der Waals surface area contributed by atoms with Gasteiger partial charge < -0.3 is 0 Å². The maximum absolute atomic E-state index is 12.0. The van der Waals surface area contributed by atoms with Gasteiger partial charge in [0.25, 0.3) is 15.7 Å². The van der Waals surface area contributed by atoms with Crippen LogP contribution in [0.25, 0.3) is 0 Å². The number of nitrogens with one attached hydrogen (secondary N) is 1. The molecule has 0 spiro atoms. The molecule has 0 saturated carbocycles. The standard InChI is InChI=1S/C13H19N3O4S/c1-4-11(5-2)9-14-15-21(19,20)12-7-6-10(3)13(8-12)16(17)18/h6-9,11,15H,4-5H2,1-3H3/b14-9+. The molecule has 0 aliphatic carbocycles. The molecule has 21 heavy (non-hydrogen) atoms. The van der Waals surface area contributed by atoms with Crippen LogP contribution < -0.4 is 4.83 Å². The molecule has 1 aromatic rings. The summed E-state index contributed by atoms with van der Waals surface area (Å²) in [6, 6.07) is 3.75. The molecule has 0 fully saturated rings. The zero-order chi connectivity index (χ0) is 16.0. The molecule has 0 aromatic heterocycles. The van der Waals surface area contributed by atoms with Crippen LogP contribution in [0.3, 0.4) is 0 Å². The zero-order valence-electron chi connectivity index (χ0n) is 12.2. The Balaban J connectivity index is 2.98. The second-order valence-corrected chi connectivity index (χ2v) is 6.32. The zero-order valence-corrected chi connectivity index (χ0v) is 13.1. The van der Waals surface area contributed by atoms with Crippen molar-refractivity contribution >= 4 is 21.9 Å². The molecule has 0 radical (unpaired) electrons. The Bertz CT molecular complexity index is 637. The Labute approximate surface area is 124 Å². The van der Waals surface area contributed by atoms with Crippen molar-refractivity contribution in [2.24, 2.45) is 11.0 Å². The SMILES string of the molecule is CCC(/C=N/NS(=O)(=O)c1ccc(C)c([N+](=O)[O-])c1)CC. The molecule has 0 aliphatic rings. The van der Waals surface area contributed by atoms with Gasteiger partial charge in [0, 0.05) is 17.8 Å². The summed E-state index contributed by atoms with van der Waals surface area (Å²) in [4.78, 5) is 12.1. The Morgan fingerprint density at radius 1 is 1.38 bits per heavy atom. The lowest BCUT2D eigenvalue weighted by Gasteiger charge is -2.06. The summed E-state index contributed by atoms with van der Waals surface area (Å²) >= 11 is 0. The summed E-state index contributed by atoms with van der Waals surface area (Å²) in [5, 5.41) is 14.6. The Hall–Kier alpha value is -1.96. The number of nitro benzene ring substituents is 1. The highest BCUT2D eigenvalue weighted by atomic mass is 32.2. The minimum absolute atomic E-state index is 0.179. The summed E-state index contributed by atoms with van der Waals surface area (Å²) in [7, 11) is -3.90. The van der Waals surface area contributed by atoms with Crippen LogP contribution in [0.1, 0.15) is 32.3 Å². The molecule has 1 aromatic carbocycles. The van der Waals surface area contributed by atoms with E-state index in [1.807, 2.05) is 13.8 Å². The van der Waals surface area contributed by atoms with Crippen LogP contribution in [0.2, 0.25) is 0 Å². The third kappa shape index (κ3) is 4.52. The lowest BCUT2D eigenvalue weighted by atomic mass is 10.1. The molecule has 1 rings (SSSR count).